The molecule has 0 N–H and O–H groups in total. The Bertz CT molecular complexity index is 346. The molecule has 0 aromatic rings. The summed E-state index contributed by atoms with van der Waals surface area (Å²) in [6.45, 7) is 5.08. The minimum Gasteiger partial charge on any atom is -0.359 e. The highest BCUT2D eigenvalue weighted by atomic mass is 16.9. The highest BCUT2D eigenvalue weighted by molar-refractivity contribution is 4.98. The molecule has 3 fully saturated rings. The third-order valence-corrected chi connectivity index (χ3v) is 3.71. The van der Waals surface area contributed by atoms with Crippen molar-refractivity contribution in [3.63, 3.8) is 0 Å². The van der Waals surface area contributed by atoms with E-state index in [0.29, 0.717) is 13.4 Å². The van der Waals surface area contributed by atoms with Crippen molar-refractivity contribution in [2.75, 3.05) is 40.3 Å². The van der Waals surface area contributed by atoms with Gasteiger partial charge in [0.05, 0.1) is 19.8 Å². The second-order valence-electron chi connectivity index (χ2n) is 6.03. The lowest BCUT2D eigenvalue weighted by molar-refractivity contribution is -0.467. The molecule has 2 bridgehead atoms. The predicted molar refractivity (Wildman–Crippen MR) is 77.4 cm³/mol. The molecule has 0 atom stereocenters. The Morgan fingerprint density at radius 2 is 1.71 bits per heavy atom. The second kappa shape index (κ2) is 8.11. The summed E-state index contributed by atoms with van der Waals surface area (Å²) in [4.78, 5) is 0. The van der Waals surface area contributed by atoms with Crippen LogP contribution in [0, 0.1) is 17.3 Å². The first kappa shape index (κ1) is 16.7. The maximum atomic E-state index is 5.75. The zero-order chi connectivity index (χ0) is 15.0. The van der Waals surface area contributed by atoms with Gasteiger partial charge in [-0.15, -0.1) is 5.92 Å². The van der Waals surface area contributed by atoms with E-state index in [9.17, 15) is 0 Å². The molecule has 3 aliphatic heterocycles. The summed E-state index contributed by atoms with van der Waals surface area (Å²) in [5.41, 5.74) is 0.0439. The topological polar surface area (TPSA) is 46.2 Å². The maximum absolute atomic E-state index is 5.75. The molecule has 0 aromatic heterocycles. The standard InChI is InChI=1S/C16H26O5/c1-15-11-19-16(20-12-15,21-13-15)9-7-5-3-4-6-8-10-18-14-17-2/h3-5,7,9-14H2,1-2H3. The minimum atomic E-state index is -0.766. The van der Waals surface area contributed by atoms with Gasteiger partial charge in [-0.25, -0.2) is 0 Å². The number of hydrogen-bond donors (Lipinski definition) is 0. The smallest absolute Gasteiger partial charge is 0.282 e. The molecule has 0 radical (unpaired) electrons. The van der Waals surface area contributed by atoms with Gasteiger partial charge in [-0.05, 0) is 12.8 Å². The molecule has 3 aliphatic rings. The van der Waals surface area contributed by atoms with Crippen molar-refractivity contribution in [2.45, 2.75) is 45.0 Å². The van der Waals surface area contributed by atoms with Crippen LogP contribution < -0.4 is 0 Å². The van der Waals surface area contributed by atoms with Gasteiger partial charge >= 0.3 is 0 Å². The molecule has 3 rings (SSSR count). The lowest BCUT2D eigenvalue weighted by atomic mass is 9.91. The first-order chi connectivity index (χ1) is 10.2. The molecule has 0 aliphatic carbocycles. The van der Waals surface area contributed by atoms with Gasteiger partial charge in [-0.2, -0.15) is 0 Å². The van der Waals surface area contributed by atoms with E-state index in [-0.39, 0.29) is 5.41 Å². The first-order valence-corrected chi connectivity index (χ1v) is 7.62. The Labute approximate surface area is 127 Å². The van der Waals surface area contributed by atoms with E-state index < -0.39 is 5.97 Å². The van der Waals surface area contributed by atoms with Crippen molar-refractivity contribution in [3.8, 4) is 11.8 Å². The lowest BCUT2D eigenvalue weighted by Crippen LogP contribution is -2.58. The van der Waals surface area contributed by atoms with Gasteiger partial charge in [0.2, 0.25) is 0 Å². The Morgan fingerprint density at radius 1 is 1.00 bits per heavy atom. The summed E-state index contributed by atoms with van der Waals surface area (Å²) < 4.78 is 27.1. The zero-order valence-corrected chi connectivity index (χ0v) is 13.1. The molecule has 5 heteroatoms. The van der Waals surface area contributed by atoms with Crippen molar-refractivity contribution < 1.29 is 23.7 Å². The van der Waals surface area contributed by atoms with Gasteiger partial charge in [-0.1, -0.05) is 19.3 Å². The van der Waals surface area contributed by atoms with E-state index in [1.165, 1.54) is 0 Å². The third-order valence-electron chi connectivity index (χ3n) is 3.71. The highest BCUT2D eigenvalue weighted by Gasteiger charge is 2.49. The van der Waals surface area contributed by atoms with Crippen molar-refractivity contribution in [1.82, 2.24) is 0 Å². The summed E-state index contributed by atoms with van der Waals surface area (Å²) >= 11 is 0. The summed E-state index contributed by atoms with van der Waals surface area (Å²) in [7, 11) is 1.60. The summed E-state index contributed by atoms with van der Waals surface area (Å²) in [5.74, 6) is 5.29. The van der Waals surface area contributed by atoms with Gasteiger partial charge in [0.25, 0.3) is 5.97 Å². The summed E-state index contributed by atoms with van der Waals surface area (Å²) in [6, 6.07) is 0. The quantitative estimate of drug-likeness (QED) is 0.391. The van der Waals surface area contributed by atoms with Crippen LogP contribution in [-0.2, 0) is 23.7 Å². The zero-order valence-electron chi connectivity index (χ0n) is 13.1. The van der Waals surface area contributed by atoms with E-state index in [4.69, 9.17) is 23.7 Å². The molecule has 0 amide bonds. The van der Waals surface area contributed by atoms with Crippen LogP contribution in [0.25, 0.3) is 0 Å². The second-order valence-corrected chi connectivity index (χ2v) is 6.03. The average Bonchev–Trinajstić information content (AvgIpc) is 2.51. The van der Waals surface area contributed by atoms with E-state index in [1.807, 2.05) is 0 Å². The minimum absolute atomic E-state index is 0.0439. The molecule has 0 saturated carbocycles. The molecule has 0 spiro atoms. The molecule has 3 heterocycles. The van der Waals surface area contributed by atoms with Crippen molar-refractivity contribution in [3.05, 3.63) is 0 Å². The van der Waals surface area contributed by atoms with E-state index in [2.05, 4.69) is 18.8 Å². The monoisotopic (exact) mass is 298 g/mol. The number of unbranched alkanes of at least 4 members (excludes halogenated alkanes) is 3. The SMILES string of the molecule is COCOCC#CCCCCCC12OCC(C)(CO1)CO2. The van der Waals surface area contributed by atoms with E-state index >= 15 is 0 Å². The van der Waals surface area contributed by atoms with Crippen LogP contribution in [0.5, 0.6) is 0 Å². The molecular formula is C16H26O5. The molecule has 0 aromatic carbocycles. The fourth-order valence-electron chi connectivity index (χ4n) is 2.37. The Hall–Kier alpha value is -0.640. The van der Waals surface area contributed by atoms with Crippen molar-refractivity contribution >= 4 is 0 Å². The third kappa shape index (κ3) is 5.24. The van der Waals surface area contributed by atoms with Crippen molar-refractivity contribution in [1.29, 1.82) is 0 Å². The number of fused-ring (bicyclic) bond motifs is 3. The van der Waals surface area contributed by atoms with Crippen LogP contribution in [0.1, 0.15) is 39.0 Å². The van der Waals surface area contributed by atoms with Gasteiger partial charge in [0, 0.05) is 25.4 Å². The molecule has 5 nitrogen and oxygen atoms in total. The molecule has 21 heavy (non-hydrogen) atoms. The normalized spacial score (nSPS) is 31.0. The highest BCUT2D eigenvalue weighted by Crippen LogP contribution is 2.40. The summed E-state index contributed by atoms with van der Waals surface area (Å²) in [5, 5.41) is 0. The van der Waals surface area contributed by atoms with Gasteiger partial charge in [-0.3, -0.25) is 0 Å². The number of rotatable bonds is 8. The van der Waals surface area contributed by atoms with Gasteiger partial charge in [0.1, 0.15) is 13.4 Å². The van der Waals surface area contributed by atoms with Crippen LogP contribution in [0.15, 0.2) is 0 Å². The lowest BCUT2D eigenvalue weighted by Gasteiger charge is -2.50. The number of ether oxygens (including phenoxy) is 5. The number of hydrogen-bond acceptors (Lipinski definition) is 5. The molecule has 120 valence electrons. The fourth-order valence-corrected chi connectivity index (χ4v) is 2.37. The first-order valence-electron chi connectivity index (χ1n) is 7.62. The van der Waals surface area contributed by atoms with Crippen LogP contribution in [0.3, 0.4) is 0 Å². The average molecular weight is 298 g/mol. The predicted octanol–water partition coefficient (Wildman–Crippen LogP) is 2.30. The maximum Gasteiger partial charge on any atom is 0.282 e. The van der Waals surface area contributed by atoms with Crippen molar-refractivity contribution in [2.24, 2.45) is 5.41 Å². The van der Waals surface area contributed by atoms with Gasteiger partial charge in [0.15, 0.2) is 0 Å². The summed E-state index contributed by atoms with van der Waals surface area (Å²) in [6.07, 6.45) is 4.89. The van der Waals surface area contributed by atoms with Crippen LogP contribution in [-0.4, -0.2) is 46.3 Å². The molecule has 0 unspecified atom stereocenters. The van der Waals surface area contributed by atoms with Gasteiger partial charge < -0.3 is 23.7 Å². The van der Waals surface area contributed by atoms with Crippen LogP contribution in [0.4, 0.5) is 0 Å². The number of methoxy groups -OCH3 is 1. The Kier molecular flexibility index (Phi) is 6.46. The largest absolute Gasteiger partial charge is 0.359 e. The molecular weight excluding hydrogens is 272 g/mol. The van der Waals surface area contributed by atoms with E-state index in [0.717, 1.165) is 51.9 Å². The van der Waals surface area contributed by atoms with Crippen LogP contribution in [0.2, 0.25) is 0 Å². The fraction of sp³-hybridized carbons (Fsp3) is 0.875. The Balaban J connectivity index is 1.50. The van der Waals surface area contributed by atoms with E-state index in [1.54, 1.807) is 7.11 Å². The van der Waals surface area contributed by atoms with Crippen LogP contribution >= 0.6 is 0 Å². The Morgan fingerprint density at radius 3 is 2.38 bits per heavy atom. The molecule has 3 saturated heterocycles.